The molecule has 2 rings (SSSR count). The molecule has 0 unspecified atom stereocenters. The second-order valence-corrected chi connectivity index (χ2v) is 5.79. The van der Waals surface area contributed by atoms with E-state index < -0.39 is 0 Å². The molecule has 1 aliphatic heterocycles. The van der Waals surface area contributed by atoms with E-state index in [4.69, 9.17) is 4.74 Å². The Bertz CT molecular complexity index is 386. The average molecular weight is 282 g/mol. The number of thiophene rings is 1. The Balaban J connectivity index is 1.81. The van der Waals surface area contributed by atoms with Gasteiger partial charge in [0, 0.05) is 19.1 Å². The van der Waals surface area contributed by atoms with Crippen molar-refractivity contribution in [3.63, 3.8) is 0 Å². The fourth-order valence-corrected chi connectivity index (χ4v) is 3.28. The first-order chi connectivity index (χ1) is 9.24. The lowest BCUT2D eigenvalue weighted by molar-refractivity contribution is -0.143. The molecule has 106 valence electrons. The monoisotopic (exact) mass is 282 g/mol. The van der Waals surface area contributed by atoms with Crippen molar-refractivity contribution in [2.75, 3.05) is 25.1 Å². The van der Waals surface area contributed by atoms with Crippen LogP contribution in [0.4, 0.5) is 5.00 Å². The molecule has 0 amide bonds. The fraction of sp³-hybridized carbons (Fsp3) is 0.643. The van der Waals surface area contributed by atoms with E-state index in [1.807, 2.05) is 6.92 Å². The van der Waals surface area contributed by atoms with Crippen LogP contribution in [0.25, 0.3) is 0 Å². The lowest BCUT2D eigenvalue weighted by Gasteiger charge is -2.34. The van der Waals surface area contributed by atoms with Crippen molar-refractivity contribution in [3.05, 3.63) is 17.5 Å². The van der Waals surface area contributed by atoms with Gasteiger partial charge in [-0.05, 0) is 36.8 Å². The van der Waals surface area contributed by atoms with Gasteiger partial charge in [0.25, 0.3) is 0 Å². The quantitative estimate of drug-likeness (QED) is 0.841. The molecule has 1 atom stereocenters. The van der Waals surface area contributed by atoms with Crippen LogP contribution in [-0.2, 0) is 9.53 Å². The number of hydrogen-bond donors (Lipinski definition) is 1. The highest BCUT2D eigenvalue weighted by molar-refractivity contribution is 7.14. The normalized spacial score (nSPS) is 18.3. The van der Waals surface area contributed by atoms with Crippen LogP contribution in [-0.4, -0.2) is 38.3 Å². The van der Waals surface area contributed by atoms with E-state index in [0.29, 0.717) is 6.04 Å². The van der Waals surface area contributed by atoms with Crippen LogP contribution in [0, 0.1) is 0 Å². The Morgan fingerprint density at radius 2 is 2.32 bits per heavy atom. The van der Waals surface area contributed by atoms with Gasteiger partial charge in [0.15, 0.2) is 0 Å². The summed E-state index contributed by atoms with van der Waals surface area (Å²) >= 11 is 1.79. The first-order valence-corrected chi connectivity index (χ1v) is 7.75. The molecule has 5 heteroatoms. The van der Waals surface area contributed by atoms with E-state index >= 15 is 0 Å². The topological polar surface area (TPSA) is 41.6 Å². The summed E-state index contributed by atoms with van der Waals surface area (Å²) < 4.78 is 4.81. The van der Waals surface area contributed by atoms with Gasteiger partial charge in [0.1, 0.15) is 6.04 Å². The smallest absolute Gasteiger partial charge is 0.322 e. The molecule has 1 aromatic rings. The van der Waals surface area contributed by atoms with Crippen molar-refractivity contribution in [1.82, 2.24) is 5.32 Å². The standard InChI is InChI=1S/C14H22N2O2S/c1-3-12(14(17)18-2)15-11-6-8-16(9-7-11)13-5-4-10-19-13/h4-5,10-12,15H,3,6-9H2,1-2H3/t12-/m0/s1. The maximum absolute atomic E-state index is 11.6. The third-order valence-electron chi connectivity index (χ3n) is 3.64. The van der Waals surface area contributed by atoms with Gasteiger partial charge in [-0.15, -0.1) is 11.3 Å². The highest BCUT2D eigenvalue weighted by Gasteiger charge is 2.25. The van der Waals surface area contributed by atoms with Crippen molar-refractivity contribution in [1.29, 1.82) is 0 Å². The zero-order valence-corrected chi connectivity index (χ0v) is 12.4. The first kappa shape index (κ1) is 14.3. The largest absolute Gasteiger partial charge is 0.468 e. The third-order valence-corrected chi connectivity index (χ3v) is 4.57. The number of esters is 1. The van der Waals surface area contributed by atoms with Gasteiger partial charge < -0.3 is 15.0 Å². The molecule has 0 aromatic carbocycles. The zero-order chi connectivity index (χ0) is 13.7. The predicted octanol–water partition coefficient (Wildman–Crippen LogP) is 2.26. The fourth-order valence-electron chi connectivity index (χ4n) is 2.50. The van der Waals surface area contributed by atoms with Gasteiger partial charge in [-0.3, -0.25) is 4.79 Å². The minimum Gasteiger partial charge on any atom is -0.468 e. The van der Waals surface area contributed by atoms with Crippen molar-refractivity contribution in [2.24, 2.45) is 0 Å². The molecular weight excluding hydrogens is 260 g/mol. The molecule has 19 heavy (non-hydrogen) atoms. The molecule has 2 heterocycles. The molecule has 0 aliphatic carbocycles. The number of nitrogens with zero attached hydrogens (tertiary/aromatic N) is 1. The number of rotatable bonds is 5. The minimum absolute atomic E-state index is 0.150. The molecule has 1 aromatic heterocycles. The molecule has 0 bridgehead atoms. The molecule has 1 N–H and O–H groups in total. The Morgan fingerprint density at radius 3 is 2.84 bits per heavy atom. The van der Waals surface area contributed by atoms with E-state index in [1.165, 1.54) is 12.1 Å². The van der Waals surface area contributed by atoms with Crippen LogP contribution in [0.15, 0.2) is 17.5 Å². The van der Waals surface area contributed by atoms with E-state index in [1.54, 1.807) is 11.3 Å². The highest BCUT2D eigenvalue weighted by atomic mass is 32.1. The van der Waals surface area contributed by atoms with Crippen LogP contribution in [0.1, 0.15) is 26.2 Å². The lowest BCUT2D eigenvalue weighted by atomic mass is 10.0. The Morgan fingerprint density at radius 1 is 1.58 bits per heavy atom. The Hall–Kier alpha value is -1.07. The van der Waals surface area contributed by atoms with Gasteiger partial charge in [0.2, 0.25) is 0 Å². The van der Waals surface area contributed by atoms with Crippen LogP contribution >= 0.6 is 11.3 Å². The second-order valence-electron chi connectivity index (χ2n) is 4.86. The average Bonchev–Trinajstić information content (AvgIpc) is 2.98. The van der Waals surface area contributed by atoms with Crippen LogP contribution in [0.5, 0.6) is 0 Å². The van der Waals surface area contributed by atoms with Crippen molar-refractivity contribution >= 4 is 22.3 Å². The summed E-state index contributed by atoms with van der Waals surface area (Å²) in [5.74, 6) is -0.150. The van der Waals surface area contributed by atoms with Gasteiger partial charge in [-0.25, -0.2) is 0 Å². The van der Waals surface area contributed by atoms with Crippen LogP contribution < -0.4 is 10.2 Å². The maximum Gasteiger partial charge on any atom is 0.322 e. The summed E-state index contributed by atoms with van der Waals surface area (Å²) in [6.07, 6.45) is 2.93. The van der Waals surface area contributed by atoms with Crippen LogP contribution in [0.2, 0.25) is 0 Å². The van der Waals surface area contributed by atoms with E-state index in [-0.39, 0.29) is 12.0 Å². The number of hydrogen-bond acceptors (Lipinski definition) is 5. The molecule has 1 aliphatic rings. The summed E-state index contributed by atoms with van der Waals surface area (Å²) in [4.78, 5) is 14.0. The predicted molar refractivity (Wildman–Crippen MR) is 78.8 cm³/mol. The SMILES string of the molecule is CC[C@H](NC1CCN(c2cccs2)CC1)C(=O)OC. The van der Waals surface area contributed by atoms with Crippen molar-refractivity contribution < 1.29 is 9.53 Å². The molecule has 0 radical (unpaired) electrons. The number of nitrogens with one attached hydrogen (secondary N) is 1. The summed E-state index contributed by atoms with van der Waals surface area (Å²) in [7, 11) is 1.45. The summed E-state index contributed by atoms with van der Waals surface area (Å²) in [5.41, 5.74) is 0. The Kier molecular flexibility index (Phi) is 5.22. The molecule has 0 saturated carbocycles. The van der Waals surface area contributed by atoms with Gasteiger partial charge in [-0.1, -0.05) is 6.92 Å². The molecule has 4 nitrogen and oxygen atoms in total. The lowest BCUT2D eigenvalue weighted by Crippen LogP contribution is -2.48. The number of ether oxygens (including phenoxy) is 1. The second kappa shape index (κ2) is 6.91. The summed E-state index contributed by atoms with van der Waals surface area (Å²) in [6, 6.07) is 4.51. The molecular formula is C14H22N2O2S. The first-order valence-electron chi connectivity index (χ1n) is 6.87. The van der Waals surface area contributed by atoms with Gasteiger partial charge in [-0.2, -0.15) is 0 Å². The number of methoxy groups -OCH3 is 1. The molecule has 1 fully saturated rings. The summed E-state index contributed by atoms with van der Waals surface area (Å²) in [6.45, 7) is 4.11. The van der Waals surface area contributed by atoms with Gasteiger partial charge in [0.05, 0.1) is 12.1 Å². The Labute approximate surface area is 118 Å². The molecule has 1 saturated heterocycles. The number of piperidine rings is 1. The van der Waals surface area contributed by atoms with E-state index in [0.717, 1.165) is 32.4 Å². The zero-order valence-electron chi connectivity index (χ0n) is 11.6. The third kappa shape index (κ3) is 3.70. The molecule has 0 spiro atoms. The number of carbonyl (C=O) groups is 1. The summed E-state index contributed by atoms with van der Waals surface area (Å²) in [5, 5.41) is 6.89. The van der Waals surface area contributed by atoms with E-state index in [2.05, 4.69) is 27.7 Å². The van der Waals surface area contributed by atoms with E-state index in [9.17, 15) is 4.79 Å². The van der Waals surface area contributed by atoms with Crippen LogP contribution in [0.3, 0.4) is 0 Å². The number of carbonyl (C=O) groups excluding carboxylic acids is 1. The maximum atomic E-state index is 11.6. The van der Waals surface area contributed by atoms with Crippen molar-refractivity contribution in [3.8, 4) is 0 Å². The van der Waals surface area contributed by atoms with Gasteiger partial charge >= 0.3 is 5.97 Å². The van der Waals surface area contributed by atoms with Crippen molar-refractivity contribution in [2.45, 2.75) is 38.3 Å². The minimum atomic E-state index is -0.164. The highest BCUT2D eigenvalue weighted by Crippen LogP contribution is 2.25. The number of anilines is 1.